The van der Waals surface area contributed by atoms with Crippen molar-refractivity contribution >= 4 is 66.0 Å². The molecule has 3 aromatic heterocycles. The lowest BCUT2D eigenvalue weighted by molar-refractivity contribution is 0.00578. The zero-order valence-electron chi connectivity index (χ0n) is 23.4. The van der Waals surface area contributed by atoms with Gasteiger partial charge in [-0.3, -0.25) is 4.57 Å². The highest BCUT2D eigenvalue weighted by atomic mass is 32.1. The first kappa shape index (κ1) is 24.7. The molecular weight excluding hydrogens is 525 g/mol. The van der Waals surface area contributed by atoms with Crippen LogP contribution >= 0.6 is 11.3 Å². The Hall–Kier alpha value is -4.04. The van der Waals surface area contributed by atoms with E-state index in [1.807, 2.05) is 6.07 Å². The molecule has 1 aliphatic heterocycles. The van der Waals surface area contributed by atoms with Crippen molar-refractivity contribution in [2.75, 3.05) is 0 Å². The summed E-state index contributed by atoms with van der Waals surface area (Å²) in [7, 11) is -0.457. The molecule has 4 heterocycles. The van der Waals surface area contributed by atoms with Gasteiger partial charge in [0.25, 0.3) is 0 Å². The van der Waals surface area contributed by atoms with Gasteiger partial charge >= 0.3 is 7.12 Å². The van der Waals surface area contributed by atoms with Crippen LogP contribution in [0.3, 0.4) is 0 Å². The Labute approximate surface area is 242 Å². The lowest BCUT2D eigenvalue weighted by Crippen LogP contribution is -2.41. The van der Waals surface area contributed by atoms with Crippen LogP contribution in [0.2, 0.25) is 0 Å². The third-order valence-corrected chi connectivity index (χ3v) is 9.94. The quantitative estimate of drug-likeness (QED) is 0.209. The lowest BCUT2D eigenvalue weighted by atomic mass is 9.78. The SMILES string of the molecule is CC1(C)OB(c2cccc3c2sc2c(-c4ccccc4)nc(-n4c5ccccc5c5ccccc54)nc23)OC1(C)C. The number of rotatable bonds is 3. The van der Waals surface area contributed by atoms with Crippen molar-refractivity contribution in [1.29, 1.82) is 0 Å². The Morgan fingerprint density at radius 3 is 1.88 bits per heavy atom. The maximum Gasteiger partial charge on any atom is 0.496 e. The molecule has 0 atom stereocenters. The van der Waals surface area contributed by atoms with Gasteiger partial charge in [-0.1, -0.05) is 84.9 Å². The zero-order chi connectivity index (χ0) is 27.9. The molecule has 0 bridgehead atoms. The Balaban J connectivity index is 1.44. The fraction of sp³-hybridized carbons (Fsp3) is 0.176. The second-order valence-corrected chi connectivity index (χ2v) is 12.7. The van der Waals surface area contributed by atoms with Crippen molar-refractivity contribution in [3.8, 4) is 17.2 Å². The molecule has 0 unspecified atom stereocenters. The molecule has 41 heavy (non-hydrogen) atoms. The highest BCUT2D eigenvalue weighted by Gasteiger charge is 2.52. The third-order valence-electron chi connectivity index (χ3n) is 8.69. The molecule has 4 aromatic carbocycles. The van der Waals surface area contributed by atoms with Crippen molar-refractivity contribution < 1.29 is 9.31 Å². The summed E-state index contributed by atoms with van der Waals surface area (Å²) in [4.78, 5) is 10.6. The van der Waals surface area contributed by atoms with E-state index < -0.39 is 18.3 Å². The van der Waals surface area contributed by atoms with Gasteiger partial charge in [0.1, 0.15) is 0 Å². The average Bonchev–Trinajstić information content (AvgIpc) is 3.59. The van der Waals surface area contributed by atoms with Crippen molar-refractivity contribution in [3.05, 3.63) is 97.1 Å². The number of para-hydroxylation sites is 2. The lowest BCUT2D eigenvalue weighted by Gasteiger charge is -2.32. The van der Waals surface area contributed by atoms with E-state index in [2.05, 4.69) is 123 Å². The fourth-order valence-corrected chi connectivity index (χ4v) is 7.13. The summed E-state index contributed by atoms with van der Waals surface area (Å²) in [6, 6.07) is 33.7. The normalized spacial score (nSPS) is 16.4. The summed E-state index contributed by atoms with van der Waals surface area (Å²) in [6.07, 6.45) is 0. The van der Waals surface area contributed by atoms with Crippen LogP contribution in [0.5, 0.6) is 0 Å². The maximum absolute atomic E-state index is 6.49. The predicted octanol–water partition coefficient (Wildman–Crippen LogP) is 7.91. The molecule has 5 nitrogen and oxygen atoms in total. The van der Waals surface area contributed by atoms with E-state index in [0.717, 1.165) is 48.1 Å². The molecule has 1 fully saturated rings. The van der Waals surface area contributed by atoms with E-state index in [1.54, 1.807) is 11.3 Å². The predicted molar refractivity (Wildman–Crippen MR) is 170 cm³/mol. The number of hydrogen-bond donors (Lipinski definition) is 0. The van der Waals surface area contributed by atoms with Gasteiger partial charge in [-0.2, -0.15) is 0 Å². The second kappa shape index (κ2) is 8.73. The number of hydrogen-bond acceptors (Lipinski definition) is 5. The molecule has 0 radical (unpaired) electrons. The second-order valence-electron chi connectivity index (χ2n) is 11.7. The monoisotopic (exact) mass is 553 g/mol. The molecule has 0 amide bonds. The summed E-state index contributed by atoms with van der Waals surface area (Å²) in [5, 5.41) is 3.45. The molecule has 0 spiro atoms. The Bertz CT molecular complexity index is 2060. The van der Waals surface area contributed by atoms with E-state index in [4.69, 9.17) is 19.3 Å². The van der Waals surface area contributed by atoms with E-state index in [0.29, 0.717) is 5.95 Å². The molecule has 0 saturated carbocycles. The number of benzene rings is 4. The topological polar surface area (TPSA) is 49.2 Å². The minimum atomic E-state index is -0.457. The smallest absolute Gasteiger partial charge is 0.399 e. The molecule has 1 aliphatic rings. The van der Waals surface area contributed by atoms with Gasteiger partial charge < -0.3 is 9.31 Å². The van der Waals surface area contributed by atoms with Crippen LogP contribution in [0.4, 0.5) is 0 Å². The first-order valence-electron chi connectivity index (χ1n) is 14.0. The average molecular weight is 553 g/mol. The number of nitrogens with zero attached hydrogens (tertiary/aromatic N) is 3. The van der Waals surface area contributed by atoms with Crippen LogP contribution in [0.1, 0.15) is 27.7 Å². The van der Waals surface area contributed by atoms with Crippen LogP contribution in [0, 0.1) is 0 Å². The van der Waals surface area contributed by atoms with Crippen molar-refractivity contribution in [2.45, 2.75) is 38.9 Å². The number of fused-ring (bicyclic) bond motifs is 6. The molecule has 0 N–H and O–H groups in total. The van der Waals surface area contributed by atoms with Gasteiger partial charge in [-0.05, 0) is 39.8 Å². The molecule has 1 saturated heterocycles. The molecule has 0 aliphatic carbocycles. The fourth-order valence-electron chi connectivity index (χ4n) is 5.86. The number of thiophene rings is 1. The molecule has 7 aromatic rings. The van der Waals surface area contributed by atoms with Crippen LogP contribution < -0.4 is 5.46 Å². The largest absolute Gasteiger partial charge is 0.496 e. The van der Waals surface area contributed by atoms with Crippen LogP contribution in [0.25, 0.3) is 59.3 Å². The van der Waals surface area contributed by atoms with Crippen molar-refractivity contribution in [2.24, 2.45) is 0 Å². The van der Waals surface area contributed by atoms with E-state index in [-0.39, 0.29) is 0 Å². The van der Waals surface area contributed by atoms with Gasteiger partial charge in [0, 0.05) is 31.9 Å². The first-order valence-corrected chi connectivity index (χ1v) is 14.8. The summed E-state index contributed by atoms with van der Waals surface area (Å²) in [5.41, 5.74) is 5.29. The minimum Gasteiger partial charge on any atom is -0.399 e. The van der Waals surface area contributed by atoms with Crippen molar-refractivity contribution in [3.63, 3.8) is 0 Å². The van der Waals surface area contributed by atoms with Gasteiger partial charge in [0.15, 0.2) is 0 Å². The molecule has 7 heteroatoms. The van der Waals surface area contributed by atoms with Crippen LogP contribution in [0.15, 0.2) is 97.1 Å². The highest BCUT2D eigenvalue weighted by molar-refractivity contribution is 7.27. The Kier molecular flexibility index (Phi) is 5.27. The molecular formula is C34H28BN3O2S. The van der Waals surface area contributed by atoms with Crippen molar-refractivity contribution in [1.82, 2.24) is 14.5 Å². The zero-order valence-corrected chi connectivity index (χ0v) is 24.2. The molecule has 8 rings (SSSR count). The standard InChI is InChI=1S/C34H28BN3O2S/c1-33(2)34(3,4)40-35(39-33)25-18-12-17-24-29-31(41-30(24)25)28(21-13-6-5-7-14-21)36-32(37-29)38-26-19-10-8-15-22(26)23-16-9-11-20-27(23)38/h5-20H,1-4H3. The van der Waals surface area contributed by atoms with E-state index >= 15 is 0 Å². The van der Waals surface area contributed by atoms with Crippen LogP contribution in [-0.2, 0) is 9.31 Å². The van der Waals surface area contributed by atoms with E-state index in [9.17, 15) is 0 Å². The van der Waals surface area contributed by atoms with Gasteiger partial charge in [-0.15, -0.1) is 11.3 Å². The highest BCUT2D eigenvalue weighted by Crippen LogP contribution is 2.41. The van der Waals surface area contributed by atoms with Gasteiger partial charge in [-0.25, -0.2) is 9.97 Å². The summed E-state index contributed by atoms with van der Waals surface area (Å²) >= 11 is 1.72. The summed E-state index contributed by atoms with van der Waals surface area (Å²) < 4.78 is 17.4. The van der Waals surface area contributed by atoms with E-state index in [1.165, 1.54) is 10.8 Å². The van der Waals surface area contributed by atoms with Crippen LogP contribution in [-0.4, -0.2) is 32.9 Å². The maximum atomic E-state index is 6.49. The van der Waals surface area contributed by atoms with Gasteiger partial charge in [0.05, 0.1) is 38.1 Å². The molecule has 200 valence electrons. The minimum absolute atomic E-state index is 0.421. The Morgan fingerprint density at radius 2 is 1.22 bits per heavy atom. The Morgan fingerprint density at radius 1 is 0.634 bits per heavy atom. The summed E-state index contributed by atoms with van der Waals surface area (Å²) in [6.45, 7) is 8.37. The first-order chi connectivity index (χ1) is 19.8. The summed E-state index contributed by atoms with van der Waals surface area (Å²) in [5.74, 6) is 0.662. The van der Waals surface area contributed by atoms with Gasteiger partial charge in [0.2, 0.25) is 5.95 Å². The third kappa shape index (κ3) is 3.63. The number of aromatic nitrogens is 3.